The Morgan fingerprint density at radius 2 is 1.86 bits per heavy atom. The minimum absolute atomic E-state index is 0.0647. The van der Waals surface area contributed by atoms with E-state index in [0.29, 0.717) is 73.3 Å². The maximum absolute atomic E-state index is 14.8. The van der Waals surface area contributed by atoms with Gasteiger partial charge in [-0.05, 0) is 76.7 Å². The first-order chi connectivity index (χ1) is 26.4. The highest BCUT2D eigenvalue weighted by Gasteiger charge is 2.64. The van der Waals surface area contributed by atoms with Crippen molar-refractivity contribution in [3.63, 3.8) is 0 Å². The first kappa shape index (κ1) is 39.9. The van der Waals surface area contributed by atoms with Crippen LogP contribution in [-0.2, 0) is 40.4 Å². The summed E-state index contributed by atoms with van der Waals surface area (Å²) in [6.07, 6.45) is 9.42. The lowest BCUT2D eigenvalue weighted by atomic mass is 9.88. The van der Waals surface area contributed by atoms with Gasteiger partial charge in [-0.3, -0.25) is 23.9 Å². The number of nitrogens with one attached hydrogen (secondary N) is 2. The summed E-state index contributed by atoms with van der Waals surface area (Å²) in [5, 5.41) is 2.96. The second-order valence-corrected chi connectivity index (χ2v) is 20.2. The number of allylic oxidation sites excluding steroid dienone is 1. The number of sulfonamides is 1. The molecule has 1 saturated heterocycles. The highest BCUT2D eigenvalue weighted by molar-refractivity contribution is 7.91. The van der Waals surface area contributed by atoms with Gasteiger partial charge in [0.2, 0.25) is 27.7 Å². The summed E-state index contributed by atoms with van der Waals surface area (Å²) in [5.74, 6) is -2.36. The molecule has 0 aromatic carbocycles. The molecule has 0 unspecified atom stereocenters. The summed E-state index contributed by atoms with van der Waals surface area (Å²) in [5.41, 5.74) is 0.117. The second-order valence-electron chi connectivity index (χ2n) is 18.0. The normalized spacial score (nSPS) is 29.4. The van der Waals surface area contributed by atoms with Gasteiger partial charge in [0.05, 0.1) is 48.2 Å². The van der Waals surface area contributed by atoms with Gasteiger partial charge < -0.3 is 24.4 Å². The van der Waals surface area contributed by atoms with E-state index in [1.807, 2.05) is 45.9 Å². The molecule has 7 rings (SSSR count). The van der Waals surface area contributed by atoms with Crippen LogP contribution >= 0.6 is 0 Å². The van der Waals surface area contributed by atoms with Gasteiger partial charge in [0.1, 0.15) is 22.9 Å². The molecule has 3 amide bonds. The summed E-state index contributed by atoms with van der Waals surface area (Å²) in [6.45, 7) is 9.61. The Morgan fingerprint density at radius 1 is 1.09 bits per heavy atom. The Kier molecular flexibility index (Phi) is 10.4. The quantitative estimate of drug-likeness (QED) is 0.295. The van der Waals surface area contributed by atoms with Gasteiger partial charge in [-0.25, -0.2) is 18.4 Å². The van der Waals surface area contributed by atoms with Gasteiger partial charge in [-0.15, -0.1) is 0 Å². The van der Waals surface area contributed by atoms with Crippen molar-refractivity contribution in [1.82, 2.24) is 24.9 Å². The van der Waals surface area contributed by atoms with Crippen LogP contribution in [0.15, 0.2) is 24.3 Å². The van der Waals surface area contributed by atoms with Crippen molar-refractivity contribution in [3.8, 4) is 11.6 Å². The van der Waals surface area contributed by atoms with E-state index in [-0.39, 0.29) is 43.7 Å². The number of aryl methyl sites for hydroxylation is 2. The summed E-state index contributed by atoms with van der Waals surface area (Å²) in [4.78, 5) is 67.6. The lowest BCUT2D eigenvalue weighted by Crippen LogP contribution is -2.57. The molecule has 14 nitrogen and oxygen atoms in total. The van der Waals surface area contributed by atoms with E-state index in [1.165, 1.54) is 4.90 Å². The van der Waals surface area contributed by atoms with Crippen molar-refractivity contribution in [3.05, 3.63) is 35.5 Å². The molecule has 3 fully saturated rings. The van der Waals surface area contributed by atoms with E-state index >= 15 is 0 Å². The fraction of sp³-hybridized carbons (Fsp3) is 0.659. The molecule has 0 radical (unpaired) electrons. The minimum atomic E-state index is -3.99. The van der Waals surface area contributed by atoms with Gasteiger partial charge in [0.25, 0.3) is 5.91 Å². The predicted molar refractivity (Wildman–Crippen MR) is 207 cm³/mol. The maximum Gasteiger partial charge on any atom is 0.306 e. The van der Waals surface area contributed by atoms with Crippen LogP contribution in [0, 0.1) is 24.2 Å². The fourth-order valence-corrected chi connectivity index (χ4v) is 9.65. The molecular formula is C41H55N5O9S. The molecule has 2 aliphatic carbocycles. The molecule has 2 aromatic rings. The van der Waals surface area contributed by atoms with Crippen LogP contribution in [0.4, 0.5) is 0 Å². The molecule has 56 heavy (non-hydrogen) atoms. The Bertz CT molecular complexity index is 2080. The molecule has 1 spiro atoms. The molecule has 3 aliphatic heterocycles. The van der Waals surface area contributed by atoms with E-state index in [2.05, 4.69) is 15.0 Å². The molecule has 5 aliphatic rings. The number of ether oxygens (including phenoxy) is 3. The maximum atomic E-state index is 14.8. The number of carbonyl (C=O) groups excluding carboxylic acids is 4. The van der Waals surface area contributed by atoms with E-state index in [9.17, 15) is 27.6 Å². The van der Waals surface area contributed by atoms with E-state index in [0.717, 1.165) is 18.4 Å². The monoisotopic (exact) mass is 793 g/mol. The van der Waals surface area contributed by atoms with Crippen LogP contribution in [0.3, 0.4) is 0 Å². The molecule has 304 valence electrons. The summed E-state index contributed by atoms with van der Waals surface area (Å²) < 4.78 is 45.6. The van der Waals surface area contributed by atoms with Crippen molar-refractivity contribution < 1.29 is 41.8 Å². The summed E-state index contributed by atoms with van der Waals surface area (Å²) >= 11 is 0. The Morgan fingerprint density at radius 3 is 2.57 bits per heavy atom. The zero-order valence-corrected chi connectivity index (χ0v) is 34.2. The number of carbonyl (C=O) groups is 4. The number of hydrogen-bond donors (Lipinski definition) is 2. The van der Waals surface area contributed by atoms with Crippen LogP contribution < -0.4 is 19.5 Å². The van der Waals surface area contributed by atoms with Gasteiger partial charge in [-0.2, -0.15) is 0 Å². The van der Waals surface area contributed by atoms with Crippen molar-refractivity contribution in [1.29, 1.82) is 0 Å². The number of pyridine rings is 2. The largest absolute Gasteiger partial charge is 0.483 e. The molecule has 15 heteroatoms. The number of nitrogens with zero attached hydrogens (tertiary/aromatic N) is 3. The third-order valence-electron chi connectivity index (χ3n) is 12.2. The number of hydrogen-bond acceptors (Lipinski definition) is 11. The number of fused-ring (bicyclic) bond motifs is 5. The third kappa shape index (κ3) is 7.84. The van der Waals surface area contributed by atoms with Crippen LogP contribution in [0.5, 0.6) is 11.6 Å². The zero-order chi connectivity index (χ0) is 40.3. The van der Waals surface area contributed by atoms with E-state index < -0.39 is 61.6 Å². The van der Waals surface area contributed by atoms with Crippen LogP contribution in [-0.4, -0.2) is 89.2 Å². The van der Waals surface area contributed by atoms with E-state index in [1.54, 1.807) is 20.1 Å². The van der Waals surface area contributed by atoms with Gasteiger partial charge in [-0.1, -0.05) is 45.8 Å². The highest BCUT2D eigenvalue weighted by Crippen LogP contribution is 2.49. The highest BCUT2D eigenvalue weighted by atomic mass is 32.2. The number of methoxy groups -OCH3 is 1. The lowest BCUT2D eigenvalue weighted by molar-refractivity contribution is -0.152. The molecule has 5 heterocycles. The molecule has 0 bridgehead atoms. The molecular weight excluding hydrogens is 739 g/mol. The number of rotatable bonds is 7. The SMILES string of the molecule is COc1ccc2nc(C)c3c(c2n1)CC[C@]1(C[C@H]2C(=O)N[C@]4(C(=O)NS(=O)(=O)C5(C)CC5)C[C@H]4/C=C\CCCCC[C@H](CC(=O)OCC(C)(C)C)C(=O)N2C1)O3. The van der Waals surface area contributed by atoms with Crippen molar-refractivity contribution in [2.75, 3.05) is 20.3 Å². The molecule has 2 N–H and O–H groups in total. The Balaban J connectivity index is 1.23. The van der Waals surface area contributed by atoms with E-state index in [4.69, 9.17) is 19.2 Å². The zero-order valence-electron chi connectivity index (χ0n) is 33.4. The number of esters is 1. The van der Waals surface area contributed by atoms with Crippen LogP contribution in [0.25, 0.3) is 11.0 Å². The molecule has 2 aromatic heterocycles. The number of amides is 3. The van der Waals surface area contributed by atoms with Gasteiger partial charge >= 0.3 is 5.97 Å². The molecule has 5 atom stereocenters. The smallest absolute Gasteiger partial charge is 0.306 e. The number of aromatic nitrogens is 2. The average molecular weight is 794 g/mol. The Hall–Kier alpha value is -4.27. The third-order valence-corrected chi connectivity index (χ3v) is 14.3. The van der Waals surface area contributed by atoms with Crippen molar-refractivity contribution in [2.24, 2.45) is 17.3 Å². The lowest BCUT2D eigenvalue weighted by Gasteiger charge is -2.36. The predicted octanol–water partition coefficient (Wildman–Crippen LogP) is 4.60. The first-order valence-corrected chi connectivity index (χ1v) is 21.4. The first-order valence-electron chi connectivity index (χ1n) is 19.9. The van der Waals surface area contributed by atoms with Crippen molar-refractivity contribution >= 4 is 44.7 Å². The minimum Gasteiger partial charge on any atom is -0.483 e. The van der Waals surface area contributed by atoms with Crippen LogP contribution in [0.1, 0.15) is 110 Å². The van der Waals surface area contributed by atoms with Gasteiger partial charge in [0.15, 0.2) is 0 Å². The Labute approximate surface area is 328 Å². The summed E-state index contributed by atoms with van der Waals surface area (Å²) in [6, 6.07) is 2.54. The second kappa shape index (κ2) is 14.6. The fourth-order valence-electron chi connectivity index (χ4n) is 8.33. The summed E-state index contributed by atoms with van der Waals surface area (Å²) in [7, 11) is -2.44. The van der Waals surface area contributed by atoms with Gasteiger partial charge in [0, 0.05) is 29.9 Å². The molecule has 2 saturated carbocycles. The average Bonchev–Trinajstić information content (AvgIpc) is 4.04. The standard InChI is InChI=1S/C41H55N5O9S/c1-25-34-28(33-29(42-25)14-15-31(43-33)53-6)16-17-40(55-34)22-30-35(48)44-41(37(50)45-56(51,52)39(5)18-19-39)21-27(41)13-11-9-7-8-10-12-26(36(49)46(30)23-40)20-32(47)54-24-38(2,3)4/h11,13-15,26-27,30H,7-10,12,16-24H2,1-6H3,(H,44,48)(H,45,50)/b13-11-/t26-,27-,30+,40-,41-/m1/s1. The topological polar surface area (TPSA) is 183 Å². The van der Waals surface area contributed by atoms with Crippen molar-refractivity contribution in [2.45, 2.75) is 134 Å². The van der Waals surface area contributed by atoms with Crippen LogP contribution in [0.2, 0.25) is 0 Å².